The number of hydrogen-bond donors (Lipinski definition) is 2. The summed E-state index contributed by atoms with van der Waals surface area (Å²) in [6, 6.07) is 15.0. The number of carboxylic acids is 1. The van der Waals surface area contributed by atoms with Crippen LogP contribution in [-0.2, 0) is 15.0 Å². The largest absolute Gasteiger partial charge is 0.481 e. The van der Waals surface area contributed by atoms with Crippen LogP contribution in [0.15, 0.2) is 54.6 Å². The molecule has 152 valence electrons. The van der Waals surface area contributed by atoms with Gasteiger partial charge in [0.15, 0.2) is 0 Å². The van der Waals surface area contributed by atoms with Crippen LogP contribution < -0.4 is 14.8 Å². The fourth-order valence-electron chi connectivity index (χ4n) is 2.76. The Morgan fingerprint density at radius 2 is 1.75 bits per heavy atom. The van der Waals surface area contributed by atoms with Crippen molar-refractivity contribution in [3.8, 4) is 11.5 Å². The molecule has 0 bridgehead atoms. The minimum Gasteiger partial charge on any atom is -0.481 e. The van der Waals surface area contributed by atoms with Crippen LogP contribution >= 0.6 is 0 Å². The van der Waals surface area contributed by atoms with Crippen molar-refractivity contribution in [1.82, 2.24) is 0 Å². The Kier molecular flexibility index (Phi) is 6.65. The molecular formula is C19H26N3O5S+. The Bertz CT molecular complexity index is 916. The van der Waals surface area contributed by atoms with Gasteiger partial charge in [0.25, 0.3) is 0 Å². The lowest BCUT2D eigenvalue weighted by Crippen LogP contribution is -2.60. The number of anilines is 1. The second kappa shape index (κ2) is 8.59. The summed E-state index contributed by atoms with van der Waals surface area (Å²) in [4.78, 5) is 11.1. The molecule has 0 saturated heterocycles. The number of rotatable bonds is 9. The summed E-state index contributed by atoms with van der Waals surface area (Å²) < 4.78 is 32.7. The number of benzene rings is 2. The lowest BCUT2D eigenvalue weighted by atomic mass is 10.2. The van der Waals surface area contributed by atoms with Crippen LogP contribution in [0.2, 0.25) is 0 Å². The van der Waals surface area contributed by atoms with E-state index in [4.69, 9.17) is 15.6 Å². The molecule has 3 N–H and O–H groups in total. The van der Waals surface area contributed by atoms with Crippen LogP contribution in [0.25, 0.3) is 0 Å². The highest BCUT2D eigenvalue weighted by molar-refractivity contribution is 7.87. The van der Waals surface area contributed by atoms with Gasteiger partial charge in [-0.15, -0.1) is 0 Å². The molecular weight excluding hydrogens is 382 g/mol. The predicted octanol–water partition coefficient (Wildman–Crippen LogP) is 2.04. The van der Waals surface area contributed by atoms with Crippen molar-refractivity contribution in [3.05, 3.63) is 54.6 Å². The molecule has 2 aromatic rings. The summed E-state index contributed by atoms with van der Waals surface area (Å²) in [7, 11) is 0.338. The highest BCUT2D eigenvalue weighted by Gasteiger charge is 2.44. The minimum absolute atomic E-state index is 0.0798. The summed E-state index contributed by atoms with van der Waals surface area (Å²) in [5.74, 6) is 0.0145. The third-order valence-electron chi connectivity index (χ3n) is 4.66. The van der Waals surface area contributed by atoms with Crippen LogP contribution in [-0.4, -0.2) is 57.1 Å². The maximum Gasteiger partial charge on any atom is 0.396 e. The number of hydrogen-bond acceptors (Lipinski definition) is 5. The van der Waals surface area contributed by atoms with Gasteiger partial charge >= 0.3 is 16.2 Å². The van der Waals surface area contributed by atoms with Crippen molar-refractivity contribution < 1.29 is 26.9 Å². The Morgan fingerprint density at radius 1 is 1.14 bits per heavy atom. The quantitative estimate of drug-likeness (QED) is 0.615. The molecule has 0 aliphatic rings. The summed E-state index contributed by atoms with van der Waals surface area (Å²) in [6.45, 7) is -0.0798. The molecule has 0 unspecified atom stereocenters. The van der Waals surface area contributed by atoms with E-state index >= 15 is 0 Å². The number of nitrogens with two attached hydrogens (primary N) is 1. The van der Waals surface area contributed by atoms with Crippen LogP contribution in [0.3, 0.4) is 0 Å². The molecule has 0 aliphatic heterocycles. The van der Waals surface area contributed by atoms with Gasteiger partial charge in [-0.2, -0.15) is 8.42 Å². The number of para-hydroxylation sites is 1. The first-order chi connectivity index (χ1) is 13.1. The topological polar surface area (TPSA) is 110 Å². The van der Waals surface area contributed by atoms with Gasteiger partial charge in [0.2, 0.25) is 0 Å². The van der Waals surface area contributed by atoms with Crippen LogP contribution in [0.5, 0.6) is 11.5 Å². The van der Waals surface area contributed by atoms with Gasteiger partial charge in [-0.1, -0.05) is 24.3 Å². The van der Waals surface area contributed by atoms with Gasteiger partial charge in [0.1, 0.15) is 17.5 Å². The molecule has 28 heavy (non-hydrogen) atoms. The molecule has 0 aromatic heterocycles. The van der Waals surface area contributed by atoms with Crippen molar-refractivity contribution >= 4 is 21.9 Å². The van der Waals surface area contributed by atoms with Crippen LogP contribution in [0, 0.1) is 0 Å². The van der Waals surface area contributed by atoms with Crippen molar-refractivity contribution in [2.24, 2.45) is 5.73 Å². The average molecular weight is 409 g/mol. The fraction of sp³-hybridized carbons (Fsp3) is 0.316. The van der Waals surface area contributed by atoms with Crippen molar-refractivity contribution in [2.45, 2.75) is 12.5 Å². The van der Waals surface area contributed by atoms with E-state index in [9.17, 15) is 13.2 Å². The smallest absolute Gasteiger partial charge is 0.396 e. The zero-order chi connectivity index (χ0) is 20.9. The van der Waals surface area contributed by atoms with E-state index in [1.54, 1.807) is 36.4 Å². The van der Waals surface area contributed by atoms with E-state index in [-0.39, 0.29) is 13.0 Å². The van der Waals surface area contributed by atoms with Crippen molar-refractivity contribution in [3.63, 3.8) is 0 Å². The fourth-order valence-corrected chi connectivity index (χ4v) is 4.31. The Labute approximate surface area is 165 Å². The molecule has 9 heteroatoms. The van der Waals surface area contributed by atoms with Gasteiger partial charge in [0.05, 0.1) is 26.2 Å². The van der Waals surface area contributed by atoms with E-state index in [1.807, 2.05) is 18.2 Å². The average Bonchev–Trinajstić information content (AvgIpc) is 2.66. The Morgan fingerprint density at radius 3 is 2.32 bits per heavy atom. The molecule has 0 saturated carbocycles. The third kappa shape index (κ3) is 4.61. The highest BCUT2D eigenvalue weighted by Crippen LogP contribution is 2.29. The van der Waals surface area contributed by atoms with Gasteiger partial charge < -0.3 is 15.6 Å². The number of carbonyl (C=O) groups is 1. The molecule has 0 amide bonds. The first kappa shape index (κ1) is 21.7. The first-order valence-electron chi connectivity index (χ1n) is 8.67. The maximum atomic E-state index is 13.2. The zero-order valence-corrected chi connectivity index (χ0v) is 17.0. The van der Waals surface area contributed by atoms with E-state index < -0.39 is 26.1 Å². The summed E-state index contributed by atoms with van der Waals surface area (Å²) in [6.07, 6.45) is -0.353. The van der Waals surface area contributed by atoms with E-state index in [1.165, 1.54) is 21.1 Å². The SMILES string of the molecule is CN(c1cccc(Oc2ccccc2)c1)S(=O)(=O)[N+](C)(C)[C@@H](CN)CC(=O)O. The van der Waals surface area contributed by atoms with Crippen LogP contribution in [0.1, 0.15) is 6.42 Å². The molecule has 2 rings (SSSR count). The predicted molar refractivity (Wildman–Crippen MR) is 107 cm³/mol. The molecule has 0 fully saturated rings. The van der Waals surface area contributed by atoms with E-state index in [0.29, 0.717) is 17.2 Å². The molecule has 1 atom stereocenters. The van der Waals surface area contributed by atoms with Crippen molar-refractivity contribution in [1.29, 1.82) is 0 Å². The van der Waals surface area contributed by atoms with E-state index in [2.05, 4.69) is 0 Å². The summed E-state index contributed by atoms with van der Waals surface area (Å²) >= 11 is 0. The second-order valence-corrected chi connectivity index (χ2v) is 9.16. The Hall–Kier alpha value is -2.62. The minimum atomic E-state index is -3.97. The second-order valence-electron chi connectivity index (χ2n) is 6.78. The van der Waals surface area contributed by atoms with Gasteiger partial charge in [-0.25, -0.2) is 8.19 Å². The standard InChI is InChI=1S/C19H25N3O5S/c1-21(28(25,26)22(2,3)16(14-20)13-19(23)24)15-8-7-11-18(12-15)27-17-9-5-4-6-10-17/h4-12,16H,13-14,20H2,1-3H3/p+1/t16-/m1/s1. The van der Waals surface area contributed by atoms with Crippen molar-refractivity contribution in [2.75, 3.05) is 32.0 Å². The normalized spacial score (nSPS) is 13.0. The number of nitrogens with zero attached hydrogens (tertiary/aromatic N) is 2. The van der Waals surface area contributed by atoms with Crippen LogP contribution in [0.4, 0.5) is 5.69 Å². The molecule has 0 radical (unpaired) electrons. The van der Waals surface area contributed by atoms with Gasteiger partial charge in [0, 0.05) is 19.7 Å². The number of likely N-dealkylation sites (N-methyl/N-ethyl adjacent to an activating group) is 1. The summed E-state index contributed by atoms with van der Waals surface area (Å²) in [5.41, 5.74) is 6.07. The molecule has 8 nitrogen and oxygen atoms in total. The monoisotopic (exact) mass is 408 g/mol. The Balaban J connectivity index is 2.31. The third-order valence-corrected chi connectivity index (χ3v) is 7.05. The van der Waals surface area contributed by atoms with E-state index in [0.717, 1.165) is 4.31 Å². The first-order valence-corrected chi connectivity index (χ1v) is 10.1. The van der Waals surface area contributed by atoms with Gasteiger partial charge in [-0.3, -0.25) is 4.79 Å². The number of ether oxygens (including phenoxy) is 1. The molecule has 0 spiro atoms. The highest BCUT2D eigenvalue weighted by atomic mass is 32.2. The molecule has 0 aliphatic carbocycles. The number of carboxylic acid groups (broad SMARTS) is 1. The summed E-state index contributed by atoms with van der Waals surface area (Å²) in [5, 5.41) is 9.09. The van der Waals surface area contributed by atoms with Gasteiger partial charge in [-0.05, 0) is 24.3 Å². The number of quaternary nitrogens is 1. The lowest BCUT2D eigenvalue weighted by molar-refractivity contribution is -0.789. The molecule has 2 aromatic carbocycles. The maximum absolute atomic E-state index is 13.2. The molecule has 0 heterocycles. The lowest BCUT2D eigenvalue weighted by Gasteiger charge is -2.38. The number of aliphatic carboxylic acids is 1. The zero-order valence-electron chi connectivity index (χ0n) is 16.1.